The Labute approximate surface area is 165 Å². The van der Waals surface area contributed by atoms with Gasteiger partial charge >= 0.3 is 6.18 Å². The SMILES string of the molecule is N#Cc1ccc(C#Cc2ccc(O)cc2C(F)(F)F)c(CCCN(C=N)N=N)c1. The molecule has 29 heavy (non-hydrogen) atoms. The molecule has 0 aliphatic carbocycles. The lowest BCUT2D eigenvalue weighted by molar-refractivity contribution is -0.137. The van der Waals surface area contributed by atoms with Crippen LogP contribution in [0.15, 0.2) is 41.6 Å². The van der Waals surface area contributed by atoms with Gasteiger partial charge in [-0.3, -0.25) is 5.41 Å². The first-order valence-electron chi connectivity index (χ1n) is 8.38. The molecule has 0 unspecified atom stereocenters. The molecule has 3 N–H and O–H groups in total. The minimum absolute atomic E-state index is 0.270. The minimum atomic E-state index is -4.66. The van der Waals surface area contributed by atoms with Crippen molar-refractivity contribution in [2.75, 3.05) is 6.54 Å². The van der Waals surface area contributed by atoms with Gasteiger partial charge in [0.05, 0.1) is 17.2 Å². The summed E-state index contributed by atoms with van der Waals surface area (Å²) in [5.41, 5.74) is 7.14. The van der Waals surface area contributed by atoms with Gasteiger partial charge in [0.2, 0.25) is 0 Å². The van der Waals surface area contributed by atoms with E-state index in [2.05, 4.69) is 17.1 Å². The monoisotopic (exact) mass is 399 g/mol. The van der Waals surface area contributed by atoms with Gasteiger partial charge in [-0.1, -0.05) is 17.1 Å². The number of hydrogen-bond acceptors (Lipinski definition) is 5. The van der Waals surface area contributed by atoms with Gasteiger partial charge in [-0.2, -0.15) is 24.0 Å². The highest BCUT2D eigenvalue weighted by molar-refractivity contribution is 5.53. The van der Waals surface area contributed by atoms with Crippen LogP contribution in [0.2, 0.25) is 0 Å². The highest BCUT2D eigenvalue weighted by atomic mass is 19.4. The smallest absolute Gasteiger partial charge is 0.417 e. The fraction of sp³-hybridized carbons (Fsp3) is 0.200. The number of aromatic hydroxyl groups is 1. The van der Waals surface area contributed by atoms with Gasteiger partial charge in [-0.15, -0.1) is 0 Å². The molecule has 0 saturated heterocycles. The molecule has 0 spiro atoms. The maximum atomic E-state index is 13.2. The lowest BCUT2D eigenvalue weighted by atomic mass is 9.99. The molecule has 0 aromatic heterocycles. The molecule has 0 atom stereocenters. The second kappa shape index (κ2) is 9.38. The average Bonchev–Trinajstić information content (AvgIpc) is 2.70. The summed E-state index contributed by atoms with van der Waals surface area (Å²) in [5, 5.41) is 29.8. The van der Waals surface area contributed by atoms with E-state index in [-0.39, 0.29) is 5.56 Å². The second-order valence-corrected chi connectivity index (χ2v) is 5.96. The Morgan fingerprint density at radius 2 is 1.83 bits per heavy atom. The van der Waals surface area contributed by atoms with E-state index in [1.807, 2.05) is 6.07 Å². The molecule has 6 nitrogen and oxygen atoms in total. The van der Waals surface area contributed by atoms with Crippen LogP contribution in [0, 0.1) is 34.1 Å². The van der Waals surface area contributed by atoms with Crippen molar-refractivity contribution in [3.05, 3.63) is 64.2 Å². The van der Waals surface area contributed by atoms with Crippen LogP contribution in [0.3, 0.4) is 0 Å². The first-order chi connectivity index (χ1) is 13.8. The zero-order valence-electron chi connectivity index (χ0n) is 15.1. The number of nitrogens with one attached hydrogen (secondary N) is 2. The van der Waals surface area contributed by atoms with Crippen molar-refractivity contribution in [1.29, 1.82) is 16.2 Å². The van der Waals surface area contributed by atoms with Crippen molar-refractivity contribution in [2.24, 2.45) is 5.22 Å². The van der Waals surface area contributed by atoms with Crippen LogP contribution in [0.1, 0.15) is 34.2 Å². The van der Waals surface area contributed by atoms with E-state index in [4.69, 9.17) is 16.2 Å². The Hall–Kier alpha value is -3.85. The molecule has 0 fully saturated rings. The van der Waals surface area contributed by atoms with Crippen molar-refractivity contribution in [2.45, 2.75) is 19.0 Å². The number of nitrogens with zero attached hydrogens (tertiary/aromatic N) is 3. The van der Waals surface area contributed by atoms with Gasteiger partial charge in [0.1, 0.15) is 12.1 Å². The standard InChI is InChI=1S/C20H16F3N5O/c21-20(22,23)19-11-18(29)8-7-16(19)6-5-15-4-3-14(12-24)10-17(15)2-1-9-28(13-25)27-26/h3-4,7-8,10-11,13,25-26,29H,1-2,9H2. The lowest BCUT2D eigenvalue weighted by Crippen LogP contribution is -2.15. The molecule has 0 heterocycles. The summed E-state index contributed by atoms with van der Waals surface area (Å²) >= 11 is 0. The topological polar surface area (TPSA) is 107 Å². The molecule has 2 aromatic rings. The number of halogens is 3. The first-order valence-corrected chi connectivity index (χ1v) is 8.38. The van der Waals surface area contributed by atoms with Gasteiger partial charge < -0.3 is 5.11 Å². The van der Waals surface area contributed by atoms with E-state index in [0.717, 1.165) is 23.5 Å². The predicted octanol–water partition coefficient (Wildman–Crippen LogP) is 4.47. The van der Waals surface area contributed by atoms with Crippen LogP contribution < -0.4 is 0 Å². The van der Waals surface area contributed by atoms with Crippen molar-refractivity contribution < 1.29 is 18.3 Å². The first kappa shape index (κ1) is 21.5. The number of benzene rings is 2. The molecule has 0 aliphatic rings. The number of phenols is 1. The summed E-state index contributed by atoms with van der Waals surface area (Å²) in [6.45, 7) is 0.298. The fourth-order valence-corrected chi connectivity index (χ4v) is 2.58. The number of hydrogen-bond donors (Lipinski definition) is 3. The maximum absolute atomic E-state index is 13.2. The molecular formula is C20H16F3N5O. The lowest BCUT2D eigenvalue weighted by Gasteiger charge is -2.11. The molecule has 0 radical (unpaired) electrons. The Morgan fingerprint density at radius 1 is 1.14 bits per heavy atom. The zero-order chi connectivity index (χ0) is 21.4. The van der Waals surface area contributed by atoms with Crippen LogP contribution >= 0.6 is 0 Å². The molecule has 9 heteroatoms. The van der Waals surface area contributed by atoms with Crippen molar-refractivity contribution in [3.63, 3.8) is 0 Å². The Balaban J connectivity index is 2.36. The number of aryl methyl sites for hydroxylation is 1. The molecular weight excluding hydrogens is 383 g/mol. The van der Waals surface area contributed by atoms with Gasteiger partial charge in [-0.25, -0.2) is 5.01 Å². The van der Waals surface area contributed by atoms with Gasteiger partial charge in [-0.05, 0) is 54.8 Å². The predicted molar refractivity (Wildman–Crippen MR) is 99.2 cm³/mol. The highest BCUT2D eigenvalue weighted by Gasteiger charge is 2.33. The largest absolute Gasteiger partial charge is 0.508 e. The van der Waals surface area contributed by atoms with E-state index in [1.165, 1.54) is 6.07 Å². The summed E-state index contributed by atoms with van der Waals surface area (Å²) in [6.07, 6.45) is -2.83. The molecule has 0 aliphatic heterocycles. The molecule has 0 saturated carbocycles. The van der Waals surface area contributed by atoms with Gasteiger partial charge in [0.25, 0.3) is 0 Å². The summed E-state index contributed by atoms with van der Waals surface area (Å²) in [4.78, 5) is 0. The number of rotatable bonds is 6. The fourth-order valence-electron chi connectivity index (χ4n) is 2.58. The number of phenolic OH excluding ortho intramolecular Hbond substituents is 1. The van der Waals surface area contributed by atoms with Crippen LogP contribution in [-0.4, -0.2) is 23.0 Å². The molecule has 2 rings (SSSR count). The number of alkyl halides is 3. The summed E-state index contributed by atoms with van der Waals surface area (Å²) in [7, 11) is 0. The Bertz CT molecular complexity index is 1010. The van der Waals surface area contributed by atoms with Crippen molar-refractivity contribution >= 4 is 6.34 Å². The van der Waals surface area contributed by atoms with Crippen LogP contribution in [0.25, 0.3) is 0 Å². The molecule has 0 bridgehead atoms. The highest BCUT2D eigenvalue weighted by Crippen LogP contribution is 2.33. The second-order valence-electron chi connectivity index (χ2n) is 5.96. The van der Waals surface area contributed by atoms with Crippen molar-refractivity contribution in [1.82, 2.24) is 5.01 Å². The van der Waals surface area contributed by atoms with E-state index in [9.17, 15) is 18.3 Å². The van der Waals surface area contributed by atoms with Gasteiger partial charge in [0, 0.05) is 17.7 Å². The normalized spacial score (nSPS) is 10.4. The van der Waals surface area contributed by atoms with E-state index >= 15 is 0 Å². The molecule has 148 valence electrons. The van der Waals surface area contributed by atoms with E-state index in [0.29, 0.717) is 42.1 Å². The average molecular weight is 399 g/mol. The zero-order valence-corrected chi connectivity index (χ0v) is 15.1. The molecule has 2 aromatic carbocycles. The molecule has 0 amide bonds. The quantitative estimate of drug-likeness (QED) is 0.219. The van der Waals surface area contributed by atoms with Crippen LogP contribution in [-0.2, 0) is 12.6 Å². The summed E-state index contributed by atoms with van der Waals surface area (Å²) in [6, 6.07) is 9.57. The van der Waals surface area contributed by atoms with E-state index in [1.54, 1.807) is 12.1 Å². The van der Waals surface area contributed by atoms with E-state index < -0.39 is 17.5 Å². The minimum Gasteiger partial charge on any atom is -0.508 e. The Kier molecular flexibility index (Phi) is 6.94. The van der Waals surface area contributed by atoms with Crippen molar-refractivity contribution in [3.8, 4) is 23.7 Å². The third-order valence-corrected chi connectivity index (χ3v) is 3.99. The summed E-state index contributed by atoms with van der Waals surface area (Å²) in [5.74, 6) is 4.72. The third-order valence-electron chi connectivity index (χ3n) is 3.99. The van der Waals surface area contributed by atoms with Gasteiger partial charge in [0.15, 0.2) is 0 Å². The third kappa shape index (κ3) is 5.81. The summed E-state index contributed by atoms with van der Waals surface area (Å²) < 4.78 is 39.5. The maximum Gasteiger partial charge on any atom is 0.417 e. The Morgan fingerprint density at radius 3 is 2.45 bits per heavy atom. The van der Waals surface area contributed by atoms with Crippen LogP contribution in [0.4, 0.5) is 13.2 Å². The van der Waals surface area contributed by atoms with Crippen LogP contribution in [0.5, 0.6) is 5.75 Å². The number of nitriles is 1.